The third-order valence-electron chi connectivity index (χ3n) is 6.15. The lowest BCUT2D eigenvalue weighted by molar-refractivity contribution is -0.432. The summed E-state index contributed by atoms with van der Waals surface area (Å²) >= 11 is 0. The van der Waals surface area contributed by atoms with Crippen LogP contribution in [0.15, 0.2) is 36.4 Å². The van der Waals surface area contributed by atoms with Gasteiger partial charge in [0, 0.05) is 0 Å². The van der Waals surface area contributed by atoms with Crippen LogP contribution in [0, 0.1) is 11.6 Å². The second-order valence-corrected chi connectivity index (χ2v) is 9.50. The number of unbranched alkanes of at least 4 members (excludes halogenated alkanes) is 5. The Morgan fingerprint density at radius 3 is 1.76 bits per heavy atom. The number of carbonyl (C=O) groups is 1. The zero-order valence-electron chi connectivity index (χ0n) is 22.9. The monoisotopic (exact) mass is 678 g/mol. The number of rotatable bonds is 16. The molecule has 254 valence electrons. The second kappa shape index (κ2) is 14.3. The maximum absolute atomic E-state index is 14.4. The van der Waals surface area contributed by atoms with Crippen LogP contribution in [0.2, 0.25) is 0 Å². The molecule has 0 amide bonds. The van der Waals surface area contributed by atoms with E-state index in [1.54, 1.807) is 0 Å². The average molecular weight is 678 g/mol. The highest BCUT2D eigenvalue weighted by molar-refractivity contribution is 5.91. The minimum atomic E-state index is -7.84. The third-order valence-corrected chi connectivity index (χ3v) is 6.15. The van der Waals surface area contributed by atoms with Crippen LogP contribution < -0.4 is 14.2 Å². The van der Waals surface area contributed by atoms with E-state index < -0.39 is 76.6 Å². The van der Waals surface area contributed by atoms with E-state index in [0.29, 0.717) is 30.7 Å². The molecule has 1 unspecified atom stereocenters. The van der Waals surface area contributed by atoms with Gasteiger partial charge in [0.05, 0.1) is 12.2 Å². The lowest BCUT2D eigenvalue weighted by Gasteiger charge is -2.37. The highest BCUT2D eigenvalue weighted by Crippen LogP contribution is 2.58. The molecule has 0 aliphatic heterocycles. The lowest BCUT2D eigenvalue weighted by Crippen LogP contribution is -2.68. The fourth-order valence-electron chi connectivity index (χ4n) is 3.52. The van der Waals surface area contributed by atoms with E-state index in [1.165, 1.54) is 0 Å². The van der Waals surface area contributed by atoms with E-state index in [-0.39, 0.29) is 6.61 Å². The van der Waals surface area contributed by atoms with Gasteiger partial charge in [-0.05, 0) is 42.8 Å². The van der Waals surface area contributed by atoms with Crippen LogP contribution in [0.25, 0.3) is 0 Å². The van der Waals surface area contributed by atoms with Crippen molar-refractivity contribution >= 4 is 5.97 Å². The number of esters is 1. The van der Waals surface area contributed by atoms with Gasteiger partial charge in [0.25, 0.3) is 0 Å². The standard InChI is InChI=1S/C27H24F14O4/c1-2-3-4-5-6-7-14-43-17-12-13-18(20(29)19(17)28)45-21(42)15-8-10-16(11-9-15)44-22(30)23(31,32)24(33,34)25(35,36)26(37,38)27(39,40)41/h8-13,22H,2-7,14H2,1H3. The van der Waals surface area contributed by atoms with Gasteiger partial charge in [0.15, 0.2) is 11.5 Å². The summed E-state index contributed by atoms with van der Waals surface area (Å²) in [5, 5.41) is 0. The SMILES string of the molecule is CCCCCCCCOc1ccc(OC(=O)c2ccc(OC(F)C(F)(F)C(F)(F)C(F)(F)C(F)(F)C(F)(F)F)cc2)c(F)c1F. The fourth-order valence-corrected chi connectivity index (χ4v) is 3.52. The molecule has 1 atom stereocenters. The molecule has 18 heteroatoms. The molecule has 0 spiro atoms. The molecular weight excluding hydrogens is 654 g/mol. The Bertz CT molecular complexity index is 1280. The molecule has 0 fully saturated rings. The maximum atomic E-state index is 14.4. The summed E-state index contributed by atoms with van der Waals surface area (Å²) in [4.78, 5) is 12.3. The zero-order chi connectivity index (χ0) is 34.4. The van der Waals surface area contributed by atoms with Crippen molar-refractivity contribution in [1.82, 2.24) is 0 Å². The van der Waals surface area contributed by atoms with E-state index in [1.807, 2.05) is 6.92 Å². The molecule has 2 rings (SSSR count). The van der Waals surface area contributed by atoms with Gasteiger partial charge in [-0.15, -0.1) is 0 Å². The van der Waals surface area contributed by atoms with E-state index in [2.05, 4.69) is 9.47 Å². The van der Waals surface area contributed by atoms with Crippen molar-refractivity contribution in [1.29, 1.82) is 0 Å². The largest absolute Gasteiger partial charge is 0.490 e. The van der Waals surface area contributed by atoms with Crippen molar-refractivity contribution in [3.8, 4) is 17.2 Å². The van der Waals surface area contributed by atoms with Gasteiger partial charge in [0.2, 0.25) is 11.6 Å². The molecule has 45 heavy (non-hydrogen) atoms. The highest BCUT2D eigenvalue weighted by atomic mass is 19.4. The quantitative estimate of drug-likeness (QED) is 0.0768. The van der Waals surface area contributed by atoms with Crippen molar-refractivity contribution in [3.05, 3.63) is 53.6 Å². The topological polar surface area (TPSA) is 44.8 Å². The van der Waals surface area contributed by atoms with Crippen LogP contribution in [-0.4, -0.2) is 48.8 Å². The summed E-state index contributed by atoms with van der Waals surface area (Å²) in [6.45, 7) is 2.11. The summed E-state index contributed by atoms with van der Waals surface area (Å²) < 4.78 is 200. The van der Waals surface area contributed by atoms with E-state index in [0.717, 1.165) is 44.2 Å². The Labute approximate surface area is 246 Å². The summed E-state index contributed by atoms with van der Waals surface area (Å²) in [6.07, 6.45) is -6.94. The van der Waals surface area contributed by atoms with Crippen LogP contribution in [0.1, 0.15) is 55.8 Å². The van der Waals surface area contributed by atoms with Gasteiger partial charge >= 0.3 is 42.2 Å². The fraction of sp³-hybridized carbons (Fsp3) is 0.519. The van der Waals surface area contributed by atoms with Gasteiger partial charge in [-0.25, -0.2) is 4.79 Å². The Hall–Kier alpha value is -3.47. The van der Waals surface area contributed by atoms with Crippen molar-refractivity contribution in [2.45, 2.75) is 81.7 Å². The summed E-state index contributed by atoms with van der Waals surface area (Å²) in [5.41, 5.74) is -0.602. The molecule has 0 aliphatic carbocycles. The Morgan fingerprint density at radius 2 is 1.20 bits per heavy atom. The van der Waals surface area contributed by atoms with Crippen LogP contribution in [-0.2, 0) is 0 Å². The number of halogens is 14. The van der Waals surface area contributed by atoms with Gasteiger partial charge in [-0.1, -0.05) is 39.0 Å². The first-order valence-electron chi connectivity index (χ1n) is 12.9. The maximum Gasteiger partial charge on any atom is 0.460 e. The van der Waals surface area contributed by atoms with Crippen LogP contribution in [0.5, 0.6) is 17.2 Å². The Morgan fingerprint density at radius 1 is 0.689 bits per heavy atom. The highest BCUT2D eigenvalue weighted by Gasteiger charge is 2.88. The summed E-state index contributed by atoms with van der Waals surface area (Å²) in [6, 6.07) is 3.64. The van der Waals surface area contributed by atoms with Crippen molar-refractivity contribution in [3.63, 3.8) is 0 Å². The number of hydrogen-bond acceptors (Lipinski definition) is 4. The molecule has 0 N–H and O–H groups in total. The Kier molecular flexibility index (Phi) is 12.0. The molecule has 2 aromatic rings. The first-order valence-corrected chi connectivity index (χ1v) is 12.9. The van der Waals surface area contributed by atoms with Gasteiger partial charge < -0.3 is 14.2 Å². The molecule has 0 saturated carbocycles. The normalized spacial score (nSPS) is 13.8. The minimum Gasteiger partial charge on any atom is -0.490 e. The number of hydrogen-bond donors (Lipinski definition) is 0. The molecule has 2 aromatic carbocycles. The van der Waals surface area contributed by atoms with Crippen LogP contribution in [0.4, 0.5) is 61.5 Å². The summed E-state index contributed by atoms with van der Waals surface area (Å²) in [5.74, 6) is -37.4. The van der Waals surface area contributed by atoms with Gasteiger partial charge in [0.1, 0.15) is 5.75 Å². The first-order chi connectivity index (χ1) is 20.6. The molecule has 0 heterocycles. The number of carbonyl (C=O) groups excluding carboxylic acids is 1. The van der Waals surface area contributed by atoms with Crippen molar-refractivity contribution in [2.75, 3.05) is 6.61 Å². The lowest BCUT2D eigenvalue weighted by atomic mass is 9.98. The molecule has 4 nitrogen and oxygen atoms in total. The second-order valence-electron chi connectivity index (χ2n) is 9.50. The average Bonchev–Trinajstić information content (AvgIpc) is 2.95. The van der Waals surface area contributed by atoms with Crippen molar-refractivity contribution < 1.29 is 80.5 Å². The zero-order valence-corrected chi connectivity index (χ0v) is 22.9. The number of ether oxygens (including phenoxy) is 3. The predicted molar refractivity (Wildman–Crippen MR) is 128 cm³/mol. The molecule has 0 bridgehead atoms. The molecule has 0 aromatic heterocycles. The Balaban J connectivity index is 2.07. The number of alkyl halides is 12. The smallest absolute Gasteiger partial charge is 0.460 e. The first kappa shape index (κ1) is 37.7. The molecule has 0 saturated heterocycles. The van der Waals surface area contributed by atoms with Crippen molar-refractivity contribution in [2.24, 2.45) is 0 Å². The van der Waals surface area contributed by atoms with E-state index in [9.17, 15) is 66.3 Å². The van der Waals surface area contributed by atoms with E-state index >= 15 is 0 Å². The minimum absolute atomic E-state index is 0.0712. The molecule has 0 radical (unpaired) electrons. The third kappa shape index (κ3) is 8.04. The molecule has 0 aliphatic rings. The van der Waals surface area contributed by atoms with Gasteiger partial charge in [-0.2, -0.15) is 61.5 Å². The van der Waals surface area contributed by atoms with Crippen LogP contribution >= 0.6 is 0 Å². The summed E-state index contributed by atoms with van der Waals surface area (Å²) in [7, 11) is 0. The van der Waals surface area contributed by atoms with E-state index in [4.69, 9.17) is 4.74 Å². The predicted octanol–water partition coefficient (Wildman–Crippen LogP) is 9.70. The van der Waals surface area contributed by atoms with Gasteiger partial charge in [-0.3, -0.25) is 0 Å². The number of benzene rings is 2. The van der Waals surface area contributed by atoms with Crippen LogP contribution in [0.3, 0.4) is 0 Å². The molecular formula is C27H24F14O4.